The van der Waals surface area contributed by atoms with Crippen LogP contribution in [0.1, 0.15) is 18.1 Å². The van der Waals surface area contributed by atoms with Gasteiger partial charge in [0.2, 0.25) is 0 Å². The zero-order valence-electron chi connectivity index (χ0n) is 19.6. The maximum absolute atomic E-state index is 11.6. The summed E-state index contributed by atoms with van der Waals surface area (Å²) in [5.41, 5.74) is 11.1. The van der Waals surface area contributed by atoms with E-state index in [2.05, 4.69) is 19.7 Å². The molecule has 188 valence electrons. The number of aromatic nitrogens is 5. The van der Waals surface area contributed by atoms with Crippen molar-refractivity contribution in [3.63, 3.8) is 0 Å². The van der Waals surface area contributed by atoms with Gasteiger partial charge in [-0.15, -0.1) is 0 Å². The van der Waals surface area contributed by atoms with Crippen LogP contribution in [0.2, 0.25) is 0 Å². The molecule has 36 heavy (non-hydrogen) atoms. The average molecular weight is 550 g/mol. The second-order valence-electron chi connectivity index (χ2n) is 7.53. The van der Waals surface area contributed by atoms with E-state index in [9.17, 15) is 9.59 Å². The van der Waals surface area contributed by atoms with Crippen molar-refractivity contribution in [3.05, 3.63) is 88.9 Å². The van der Waals surface area contributed by atoms with Gasteiger partial charge in [0, 0.05) is 37.9 Å². The van der Waals surface area contributed by atoms with E-state index in [0.29, 0.717) is 17.0 Å². The highest BCUT2D eigenvalue weighted by Gasteiger charge is 2.22. The number of carbonyl (C=O) groups is 1. The van der Waals surface area contributed by atoms with Gasteiger partial charge in [0.25, 0.3) is 5.56 Å². The number of rotatable bonds is 1. The monoisotopic (exact) mass is 548 g/mol. The number of aryl methyl sites for hydroxylation is 2. The highest BCUT2D eigenvalue weighted by atomic mass is 35.6. The van der Waals surface area contributed by atoms with Gasteiger partial charge in [-0.1, -0.05) is 0 Å². The highest BCUT2D eigenvalue weighted by molar-refractivity contribution is 6.66. The largest absolute Gasteiger partial charge is 0.415 e. The number of nitrogens with one attached hydrogen (secondary N) is 1. The Morgan fingerprint density at radius 2 is 1.64 bits per heavy atom. The quantitative estimate of drug-likeness (QED) is 0.221. The summed E-state index contributed by atoms with van der Waals surface area (Å²) in [6.45, 7) is 5.18. The number of hydrogen-bond donors (Lipinski definition) is 2. The minimum Gasteiger partial charge on any atom is -0.415 e. The molecule has 0 fully saturated rings. The molecule has 0 amide bonds. The second-order valence-corrected chi connectivity index (χ2v) is 9.71. The molecule has 3 N–H and O–H groups in total. The molecule has 0 spiro atoms. The minimum atomic E-state index is -1.91. The lowest BCUT2D eigenvalue weighted by Gasteiger charge is -2.08. The summed E-state index contributed by atoms with van der Waals surface area (Å²) in [5, 5.41) is 0. The van der Waals surface area contributed by atoms with Crippen LogP contribution in [-0.2, 0) is 9.53 Å². The predicted octanol–water partition coefficient (Wildman–Crippen LogP) is 5.12. The Kier molecular flexibility index (Phi) is 8.62. The number of alkyl halides is 3. The fourth-order valence-electron chi connectivity index (χ4n) is 3.43. The molecule has 0 atom stereocenters. The topological polar surface area (TPSA) is 120 Å². The first-order valence-corrected chi connectivity index (χ1v) is 11.7. The van der Waals surface area contributed by atoms with E-state index in [1.807, 2.05) is 71.7 Å². The van der Waals surface area contributed by atoms with Gasteiger partial charge in [0.1, 0.15) is 11.3 Å². The first-order valence-electron chi connectivity index (χ1n) is 10.5. The number of ether oxygens (including phenoxy) is 1. The molecule has 0 radical (unpaired) electrons. The molecule has 0 aliphatic heterocycles. The Hall–Kier alpha value is -3.53. The lowest BCUT2D eigenvalue weighted by atomic mass is 10.2. The van der Waals surface area contributed by atoms with E-state index in [4.69, 9.17) is 40.5 Å². The number of carbonyl (C=O) groups excluding carboxylic acids is 1. The predicted molar refractivity (Wildman–Crippen MR) is 143 cm³/mol. The van der Waals surface area contributed by atoms with Crippen LogP contribution in [0.5, 0.6) is 0 Å². The summed E-state index contributed by atoms with van der Waals surface area (Å²) >= 11 is 15.0. The van der Waals surface area contributed by atoms with Crippen LogP contribution in [-0.4, -0.2) is 33.9 Å². The number of pyridine rings is 2. The zero-order chi connectivity index (χ0) is 26.5. The number of hydrogen-bond acceptors (Lipinski definition) is 6. The maximum atomic E-state index is 11.6. The standard InChI is InChI=1S/C11H9N3O.C10H11N3.C3H3Cl3O2/c1-7-4-5-12-10-9(7)14-6-2-3-8(14)11(15)13-10;1-8-4-5-12-10(11)9(8)13-6-2-3-7-13;1-2(7)8-3(4,5)6/h2-6H,1H3,(H,12,13,15);2-7H,1H3,(H2,11,12);1H3. The molecule has 0 aliphatic carbocycles. The van der Waals surface area contributed by atoms with Crippen molar-refractivity contribution in [3.8, 4) is 5.69 Å². The summed E-state index contributed by atoms with van der Waals surface area (Å²) in [4.78, 5) is 32.6. The van der Waals surface area contributed by atoms with E-state index in [0.717, 1.165) is 29.3 Å². The molecule has 0 bridgehead atoms. The number of aromatic amines is 1. The summed E-state index contributed by atoms with van der Waals surface area (Å²) in [5.74, 6) is -0.0544. The molecule has 0 aliphatic rings. The van der Waals surface area contributed by atoms with Crippen molar-refractivity contribution in [1.29, 1.82) is 0 Å². The number of nitrogens with two attached hydrogens (primary N) is 1. The van der Waals surface area contributed by atoms with Crippen molar-refractivity contribution in [2.75, 3.05) is 5.73 Å². The Morgan fingerprint density at radius 3 is 2.22 bits per heavy atom. The molecular formula is C24H23Cl3N6O3. The molecular weight excluding hydrogens is 527 g/mol. The molecule has 12 heteroatoms. The molecule has 5 aromatic heterocycles. The normalized spacial score (nSPS) is 10.8. The van der Waals surface area contributed by atoms with Gasteiger partial charge in [-0.05, 0) is 96.2 Å². The lowest BCUT2D eigenvalue weighted by Crippen LogP contribution is -2.12. The van der Waals surface area contributed by atoms with Crippen LogP contribution in [0.3, 0.4) is 0 Å². The Morgan fingerprint density at radius 1 is 1.00 bits per heavy atom. The van der Waals surface area contributed by atoms with E-state index in [1.54, 1.807) is 18.5 Å². The number of H-pyrrole nitrogens is 1. The van der Waals surface area contributed by atoms with Crippen LogP contribution >= 0.6 is 34.8 Å². The van der Waals surface area contributed by atoms with Gasteiger partial charge in [0.05, 0.1) is 11.2 Å². The first kappa shape index (κ1) is 27.1. The smallest absolute Gasteiger partial charge is 0.340 e. The highest BCUT2D eigenvalue weighted by Crippen LogP contribution is 2.27. The average Bonchev–Trinajstić information content (AvgIpc) is 3.45. The fraction of sp³-hybridized carbons (Fsp3) is 0.167. The Bertz CT molecular complexity index is 1520. The number of fused-ring (bicyclic) bond motifs is 3. The maximum Gasteiger partial charge on any atom is 0.340 e. The van der Waals surface area contributed by atoms with Gasteiger partial charge in [-0.25, -0.2) is 9.97 Å². The molecule has 5 aromatic rings. The Labute approximate surface area is 221 Å². The van der Waals surface area contributed by atoms with Crippen molar-refractivity contribution >= 4 is 63.3 Å². The lowest BCUT2D eigenvalue weighted by molar-refractivity contribution is -0.141. The minimum absolute atomic E-state index is 0.106. The van der Waals surface area contributed by atoms with Gasteiger partial charge in [-0.2, -0.15) is 0 Å². The molecule has 0 saturated heterocycles. The third-order valence-corrected chi connectivity index (χ3v) is 5.09. The van der Waals surface area contributed by atoms with Crippen LogP contribution in [0.4, 0.5) is 5.82 Å². The van der Waals surface area contributed by atoms with Crippen LogP contribution < -0.4 is 11.3 Å². The molecule has 9 nitrogen and oxygen atoms in total. The van der Waals surface area contributed by atoms with Crippen LogP contribution in [0, 0.1) is 13.8 Å². The number of anilines is 1. The molecule has 0 saturated carbocycles. The fourth-order valence-corrected chi connectivity index (χ4v) is 3.76. The summed E-state index contributed by atoms with van der Waals surface area (Å²) in [7, 11) is 0. The van der Waals surface area contributed by atoms with E-state index in [1.165, 1.54) is 0 Å². The summed E-state index contributed by atoms with van der Waals surface area (Å²) in [6, 6.07) is 11.5. The third-order valence-electron chi connectivity index (χ3n) is 4.86. The van der Waals surface area contributed by atoms with E-state index in [-0.39, 0.29) is 5.56 Å². The molecule has 5 rings (SSSR count). The van der Waals surface area contributed by atoms with E-state index < -0.39 is 9.95 Å². The van der Waals surface area contributed by atoms with Crippen molar-refractivity contribution in [2.24, 2.45) is 0 Å². The van der Waals surface area contributed by atoms with Crippen LogP contribution in [0.25, 0.3) is 22.4 Å². The molecule has 0 unspecified atom stereocenters. The first-order chi connectivity index (χ1) is 17.0. The van der Waals surface area contributed by atoms with Crippen LogP contribution in [0.15, 0.2) is 72.2 Å². The van der Waals surface area contributed by atoms with Crippen molar-refractivity contribution in [2.45, 2.75) is 24.7 Å². The van der Waals surface area contributed by atoms with E-state index >= 15 is 0 Å². The number of halogens is 3. The van der Waals surface area contributed by atoms with Gasteiger partial charge in [0.15, 0.2) is 5.65 Å². The number of nitrogens with zero attached hydrogens (tertiary/aromatic N) is 4. The summed E-state index contributed by atoms with van der Waals surface area (Å²) < 4.78 is 6.03. The van der Waals surface area contributed by atoms with Crippen molar-refractivity contribution in [1.82, 2.24) is 23.9 Å². The SMILES string of the molecule is CC(=O)OC(Cl)(Cl)Cl.Cc1ccnc(N)c1-n1cccc1.Cc1ccnc2[nH]c(=O)c3cccn3c12. The number of esters is 1. The second kappa shape index (κ2) is 11.5. The van der Waals surface area contributed by atoms with Gasteiger partial charge >= 0.3 is 9.95 Å². The number of nitrogen functional groups attached to an aromatic ring is 1. The Balaban J connectivity index is 0.000000158. The third kappa shape index (κ3) is 6.78. The van der Waals surface area contributed by atoms with Crippen molar-refractivity contribution < 1.29 is 9.53 Å². The summed E-state index contributed by atoms with van der Waals surface area (Å²) in [6.07, 6.45) is 9.21. The van der Waals surface area contributed by atoms with Gasteiger partial charge < -0.3 is 24.4 Å². The zero-order valence-corrected chi connectivity index (χ0v) is 21.8. The molecule has 5 heterocycles. The van der Waals surface area contributed by atoms with Gasteiger partial charge in [-0.3, -0.25) is 9.59 Å². The molecule has 0 aromatic carbocycles.